The first-order valence-corrected chi connectivity index (χ1v) is 6.16. The smallest absolute Gasteiger partial charge is 0.0687 e. The monoisotopic (exact) mass is 230 g/mol. The Bertz CT molecular complexity index is 223. The van der Waals surface area contributed by atoms with Crippen LogP contribution in [0, 0.1) is 5.92 Å². The lowest BCUT2D eigenvalue weighted by Gasteiger charge is -2.30. The minimum Gasteiger partial charge on any atom is -0.393 e. The van der Waals surface area contributed by atoms with E-state index < -0.39 is 0 Å². The van der Waals surface area contributed by atoms with Gasteiger partial charge in [-0.1, -0.05) is 0 Å². The van der Waals surface area contributed by atoms with Crippen molar-refractivity contribution in [1.29, 1.82) is 0 Å². The maximum Gasteiger partial charge on any atom is 0.0687 e. The molecule has 0 spiro atoms. The molecule has 1 aliphatic rings. The van der Waals surface area contributed by atoms with Gasteiger partial charge >= 0.3 is 0 Å². The summed E-state index contributed by atoms with van der Waals surface area (Å²) in [6, 6.07) is 0. The Morgan fingerprint density at radius 1 is 1.38 bits per heavy atom. The second kappa shape index (κ2) is 5.03. The van der Waals surface area contributed by atoms with Gasteiger partial charge < -0.3 is 14.6 Å². The number of aliphatic hydroxyl groups is 1. The van der Waals surface area contributed by atoms with Gasteiger partial charge in [-0.2, -0.15) is 0 Å². The van der Waals surface area contributed by atoms with Gasteiger partial charge in [-0.15, -0.1) is 0 Å². The zero-order chi connectivity index (χ0) is 12.4. The number of hydrogen-bond acceptors (Lipinski definition) is 3. The summed E-state index contributed by atoms with van der Waals surface area (Å²) < 4.78 is 11.0. The summed E-state index contributed by atoms with van der Waals surface area (Å²) in [4.78, 5) is 0. The summed E-state index contributed by atoms with van der Waals surface area (Å²) in [6.45, 7) is 9.06. The molecule has 0 aliphatic carbocycles. The fraction of sp³-hybridized carbons (Fsp3) is 1.00. The van der Waals surface area contributed by atoms with Crippen LogP contribution in [0.3, 0.4) is 0 Å². The highest BCUT2D eigenvalue weighted by molar-refractivity contribution is 4.97. The zero-order valence-electron chi connectivity index (χ0n) is 11.2. The van der Waals surface area contributed by atoms with E-state index in [-0.39, 0.29) is 23.2 Å². The number of rotatable bonds is 5. The van der Waals surface area contributed by atoms with Crippen molar-refractivity contribution in [2.45, 2.75) is 64.3 Å². The molecule has 0 aromatic rings. The Morgan fingerprint density at radius 2 is 2.00 bits per heavy atom. The van der Waals surface area contributed by atoms with Crippen molar-refractivity contribution in [1.82, 2.24) is 0 Å². The first kappa shape index (κ1) is 13.9. The van der Waals surface area contributed by atoms with Crippen molar-refractivity contribution in [3.05, 3.63) is 0 Å². The highest BCUT2D eigenvalue weighted by Crippen LogP contribution is 2.44. The average Bonchev–Trinajstić information content (AvgIpc) is 2.34. The zero-order valence-corrected chi connectivity index (χ0v) is 11.2. The van der Waals surface area contributed by atoms with Gasteiger partial charge in [0.1, 0.15) is 0 Å². The van der Waals surface area contributed by atoms with Crippen molar-refractivity contribution in [2.75, 3.05) is 13.7 Å². The van der Waals surface area contributed by atoms with Crippen LogP contribution < -0.4 is 0 Å². The SMILES string of the molecule is COCCCC(O)C1CC(C)(C)OC1(C)C. The van der Waals surface area contributed by atoms with E-state index in [9.17, 15) is 5.11 Å². The van der Waals surface area contributed by atoms with Crippen molar-refractivity contribution in [2.24, 2.45) is 5.92 Å². The molecule has 2 unspecified atom stereocenters. The summed E-state index contributed by atoms with van der Waals surface area (Å²) in [5.41, 5.74) is -0.341. The largest absolute Gasteiger partial charge is 0.393 e. The molecule has 0 bridgehead atoms. The summed E-state index contributed by atoms with van der Waals surface area (Å²) in [7, 11) is 1.69. The Kier molecular flexibility index (Phi) is 4.38. The van der Waals surface area contributed by atoms with E-state index in [4.69, 9.17) is 9.47 Å². The minimum absolute atomic E-state index is 0.115. The molecule has 0 radical (unpaired) electrons. The van der Waals surface area contributed by atoms with Gasteiger partial charge in [0.05, 0.1) is 17.3 Å². The van der Waals surface area contributed by atoms with Crippen molar-refractivity contribution in [3.8, 4) is 0 Å². The average molecular weight is 230 g/mol. The second-order valence-corrected chi connectivity index (χ2v) is 5.98. The lowest BCUT2D eigenvalue weighted by atomic mass is 9.81. The van der Waals surface area contributed by atoms with Crippen molar-refractivity contribution >= 4 is 0 Å². The Morgan fingerprint density at radius 3 is 2.44 bits per heavy atom. The summed E-state index contributed by atoms with van der Waals surface area (Å²) in [5.74, 6) is 0.222. The maximum absolute atomic E-state index is 10.2. The van der Waals surface area contributed by atoms with Gasteiger partial charge in [0.2, 0.25) is 0 Å². The van der Waals surface area contributed by atoms with E-state index in [0.29, 0.717) is 6.61 Å². The predicted octanol–water partition coefficient (Wildman–Crippen LogP) is 2.37. The molecule has 0 saturated carbocycles. The number of methoxy groups -OCH3 is 1. The van der Waals surface area contributed by atoms with Crippen molar-refractivity contribution < 1.29 is 14.6 Å². The third kappa shape index (κ3) is 3.44. The van der Waals surface area contributed by atoms with Gasteiger partial charge in [-0.3, -0.25) is 0 Å². The summed E-state index contributed by atoms with van der Waals surface area (Å²) >= 11 is 0. The summed E-state index contributed by atoms with van der Waals surface area (Å²) in [6.07, 6.45) is 2.34. The first-order valence-electron chi connectivity index (χ1n) is 6.16. The number of aliphatic hydroxyl groups excluding tert-OH is 1. The fourth-order valence-corrected chi connectivity index (χ4v) is 2.84. The molecule has 3 nitrogen and oxygen atoms in total. The van der Waals surface area contributed by atoms with Crippen LogP contribution in [0.1, 0.15) is 47.0 Å². The van der Waals surface area contributed by atoms with Crippen LogP contribution in [-0.4, -0.2) is 36.1 Å². The van der Waals surface area contributed by atoms with E-state index in [1.165, 1.54) is 0 Å². The van der Waals surface area contributed by atoms with Crippen LogP contribution >= 0.6 is 0 Å². The van der Waals surface area contributed by atoms with Crippen LogP contribution in [0.15, 0.2) is 0 Å². The van der Waals surface area contributed by atoms with Crippen LogP contribution in [0.25, 0.3) is 0 Å². The summed E-state index contributed by atoms with van der Waals surface area (Å²) in [5, 5.41) is 10.2. The molecule has 1 aliphatic heterocycles. The van der Waals surface area contributed by atoms with Crippen LogP contribution in [0.2, 0.25) is 0 Å². The third-order valence-corrected chi connectivity index (χ3v) is 3.46. The van der Waals surface area contributed by atoms with Crippen molar-refractivity contribution in [3.63, 3.8) is 0 Å². The predicted molar refractivity (Wildman–Crippen MR) is 64.5 cm³/mol. The van der Waals surface area contributed by atoms with Gasteiger partial charge in [-0.25, -0.2) is 0 Å². The molecule has 0 aromatic carbocycles. The first-order chi connectivity index (χ1) is 7.28. The normalized spacial score (nSPS) is 29.2. The van der Waals surface area contributed by atoms with E-state index in [1.807, 2.05) is 0 Å². The fourth-order valence-electron chi connectivity index (χ4n) is 2.84. The highest BCUT2D eigenvalue weighted by atomic mass is 16.5. The van der Waals surface area contributed by atoms with E-state index in [2.05, 4.69) is 27.7 Å². The lowest BCUT2D eigenvalue weighted by molar-refractivity contribution is -0.0885. The van der Waals surface area contributed by atoms with Crippen LogP contribution in [-0.2, 0) is 9.47 Å². The van der Waals surface area contributed by atoms with Gasteiger partial charge in [0.25, 0.3) is 0 Å². The molecular formula is C13H26O3. The molecule has 96 valence electrons. The highest BCUT2D eigenvalue weighted by Gasteiger charge is 2.48. The molecule has 2 atom stereocenters. The van der Waals surface area contributed by atoms with Crippen LogP contribution in [0.5, 0.6) is 0 Å². The molecule has 1 N–H and O–H groups in total. The molecular weight excluding hydrogens is 204 g/mol. The molecule has 0 aromatic heterocycles. The van der Waals surface area contributed by atoms with Crippen LogP contribution in [0.4, 0.5) is 0 Å². The number of ether oxygens (including phenoxy) is 2. The molecule has 1 saturated heterocycles. The Labute approximate surface area is 99.1 Å². The standard InChI is InChI=1S/C13H26O3/c1-12(2)9-10(13(3,4)16-12)11(14)7-6-8-15-5/h10-11,14H,6-9H2,1-5H3. The third-order valence-electron chi connectivity index (χ3n) is 3.46. The second-order valence-electron chi connectivity index (χ2n) is 5.98. The Hall–Kier alpha value is -0.120. The number of hydrogen-bond donors (Lipinski definition) is 1. The lowest BCUT2D eigenvalue weighted by Crippen LogP contribution is -2.36. The van der Waals surface area contributed by atoms with Gasteiger partial charge in [0.15, 0.2) is 0 Å². The van der Waals surface area contributed by atoms with E-state index in [0.717, 1.165) is 19.3 Å². The molecule has 0 amide bonds. The van der Waals surface area contributed by atoms with Gasteiger partial charge in [-0.05, 0) is 47.0 Å². The van der Waals surface area contributed by atoms with E-state index in [1.54, 1.807) is 7.11 Å². The quantitative estimate of drug-likeness (QED) is 0.737. The van der Waals surface area contributed by atoms with Gasteiger partial charge in [0, 0.05) is 19.6 Å². The topological polar surface area (TPSA) is 38.7 Å². The molecule has 16 heavy (non-hydrogen) atoms. The molecule has 1 rings (SSSR count). The maximum atomic E-state index is 10.2. The molecule has 1 fully saturated rings. The van der Waals surface area contributed by atoms with E-state index >= 15 is 0 Å². The molecule has 3 heteroatoms. The Balaban J connectivity index is 2.52. The minimum atomic E-state index is -0.285. The molecule has 1 heterocycles.